The van der Waals surface area contributed by atoms with Gasteiger partial charge in [-0.1, -0.05) is 0 Å². The van der Waals surface area contributed by atoms with Gasteiger partial charge in [0, 0.05) is 0 Å². The van der Waals surface area contributed by atoms with E-state index in [0.717, 1.165) is 25.0 Å². The summed E-state index contributed by atoms with van der Waals surface area (Å²) in [6, 6.07) is 1.91. The first-order valence-corrected chi connectivity index (χ1v) is 37.2. The minimum absolute atomic E-state index is 0.0303. The molecule has 0 rings (SSSR count). The largest absolute Gasteiger partial charge is 0.636 e. The summed E-state index contributed by atoms with van der Waals surface area (Å²) in [5, 5.41) is 0. The normalized spacial score (nSPS) is 14.8. The molecule has 49 heavy (non-hydrogen) atoms. The smallest absolute Gasteiger partial charge is 0.396 e. The van der Waals surface area contributed by atoms with Crippen molar-refractivity contribution >= 4 is 82.8 Å². The van der Waals surface area contributed by atoms with E-state index in [-0.39, 0.29) is 26.4 Å². The maximum Gasteiger partial charge on any atom is 0.636 e. The fourth-order valence-corrected chi connectivity index (χ4v) is 25.9. The van der Waals surface area contributed by atoms with E-state index in [1.165, 1.54) is 0 Å². The molecular formula is C24H60O16S4Si5. The second-order valence-electron chi connectivity index (χ2n) is 14.5. The zero-order chi connectivity index (χ0) is 38.6. The SMILES string of the molecule is C[Si](C)(CCCOS(C)(=O)=O)O[Si](O[Si](C)(C)CCCOS(C)(=O)=O)(O[Si](C)(C)CCCOS(C)(=O)=O)O[Si](C)(C)CCCOS(C)(=O)=O. The van der Waals surface area contributed by atoms with Crippen LogP contribution in [0.5, 0.6) is 0 Å². The van der Waals surface area contributed by atoms with Gasteiger partial charge in [0.05, 0.1) is 51.5 Å². The summed E-state index contributed by atoms with van der Waals surface area (Å²) in [6.45, 7) is 15.5. The molecule has 0 unspecified atom stereocenters. The van der Waals surface area contributed by atoms with Crippen LogP contribution >= 0.6 is 0 Å². The van der Waals surface area contributed by atoms with Crippen molar-refractivity contribution < 1.29 is 66.9 Å². The van der Waals surface area contributed by atoms with E-state index in [1.54, 1.807) is 0 Å². The van der Waals surface area contributed by atoms with Crippen LogP contribution in [0.2, 0.25) is 76.6 Å². The third-order valence-electron chi connectivity index (χ3n) is 6.49. The van der Waals surface area contributed by atoms with Gasteiger partial charge in [-0.2, -0.15) is 33.7 Å². The molecule has 0 aliphatic carbocycles. The maximum absolute atomic E-state index is 11.5. The fourth-order valence-electron chi connectivity index (χ4n) is 4.52. The van der Waals surface area contributed by atoms with E-state index in [9.17, 15) is 33.7 Å². The van der Waals surface area contributed by atoms with Gasteiger partial charge >= 0.3 is 9.05 Å². The standard InChI is InChI=1S/C24H60O16S4Si5/c1-41(25,26)33-17-13-21-45(5,6)37-49(38-46(7,8)22-14-18-34-42(2,27)28,39-47(9,10)23-15-19-35-43(3,29)30)40-48(11,12)24-16-20-36-44(4,31)32/h13-24H2,1-12H3. The van der Waals surface area contributed by atoms with Gasteiger partial charge in [-0.15, -0.1) is 0 Å². The lowest BCUT2D eigenvalue weighted by atomic mass is 10.5. The lowest BCUT2D eigenvalue weighted by Crippen LogP contribution is -2.66. The molecule has 0 fully saturated rings. The van der Waals surface area contributed by atoms with Crippen LogP contribution in [-0.2, 0) is 73.7 Å². The van der Waals surface area contributed by atoms with Gasteiger partial charge < -0.3 is 16.5 Å². The van der Waals surface area contributed by atoms with Crippen molar-refractivity contribution in [3.05, 3.63) is 0 Å². The summed E-state index contributed by atoms with van der Waals surface area (Å²) in [4.78, 5) is 0. The molecule has 0 saturated heterocycles. The maximum atomic E-state index is 11.5. The summed E-state index contributed by atoms with van der Waals surface area (Å²) in [5.74, 6) is 0. The van der Waals surface area contributed by atoms with Crippen LogP contribution in [0.3, 0.4) is 0 Å². The Bertz CT molecular complexity index is 1230. The van der Waals surface area contributed by atoms with Gasteiger partial charge in [-0.25, -0.2) is 0 Å². The summed E-state index contributed by atoms with van der Waals surface area (Å²) in [5.41, 5.74) is 0. The minimum atomic E-state index is -4.11. The van der Waals surface area contributed by atoms with E-state index in [0.29, 0.717) is 49.9 Å². The molecule has 0 aliphatic heterocycles. The Balaban J connectivity index is 6.65. The Labute approximate surface area is 301 Å². The highest BCUT2D eigenvalue weighted by atomic mass is 32.2. The summed E-state index contributed by atoms with van der Waals surface area (Å²) in [7, 11) is -29.7. The molecule has 0 aromatic heterocycles. The van der Waals surface area contributed by atoms with E-state index < -0.39 is 82.8 Å². The molecule has 0 aromatic rings. The molecule has 0 bridgehead atoms. The third kappa shape index (κ3) is 28.7. The highest BCUT2D eigenvalue weighted by Gasteiger charge is 2.58. The average Bonchev–Trinajstić information content (AvgIpc) is 2.81. The van der Waals surface area contributed by atoms with Crippen molar-refractivity contribution in [3.63, 3.8) is 0 Å². The number of rotatable bonds is 28. The van der Waals surface area contributed by atoms with Gasteiger partial charge in [0.25, 0.3) is 40.5 Å². The molecule has 296 valence electrons. The molecule has 0 amide bonds. The van der Waals surface area contributed by atoms with Gasteiger partial charge in [-0.3, -0.25) is 16.7 Å². The van der Waals surface area contributed by atoms with Crippen LogP contribution in [-0.4, -0.2) is 127 Å². The van der Waals surface area contributed by atoms with E-state index in [2.05, 4.69) is 0 Å². The summed E-state index contributed by atoms with van der Waals surface area (Å²) in [6.07, 6.45) is 5.45. The second kappa shape index (κ2) is 19.8. The Morgan fingerprint density at radius 2 is 0.510 bits per heavy atom. The van der Waals surface area contributed by atoms with E-state index >= 15 is 0 Å². The van der Waals surface area contributed by atoms with Gasteiger partial charge in [0.15, 0.2) is 33.3 Å². The molecule has 0 atom stereocenters. The fraction of sp³-hybridized carbons (Fsp3) is 1.00. The van der Waals surface area contributed by atoms with Crippen LogP contribution in [0.15, 0.2) is 0 Å². The summed E-state index contributed by atoms with van der Waals surface area (Å²) < 4.78 is 140. The zero-order valence-electron chi connectivity index (χ0n) is 31.2. The summed E-state index contributed by atoms with van der Waals surface area (Å²) >= 11 is 0. The van der Waals surface area contributed by atoms with Crippen molar-refractivity contribution in [1.29, 1.82) is 0 Å². The third-order valence-corrected chi connectivity index (χ3v) is 27.9. The second-order valence-corrected chi connectivity index (χ2v) is 41.4. The van der Waals surface area contributed by atoms with E-state index in [1.807, 2.05) is 52.4 Å². The van der Waals surface area contributed by atoms with Crippen molar-refractivity contribution in [1.82, 2.24) is 0 Å². The Morgan fingerprint density at radius 3 is 0.653 bits per heavy atom. The number of hydrogen-bond donors (Lipinski definition) is 0. The zero-order valence-corrected chi connectivity index (χ0v) is 39.4. The predicted octanol–water partition coefficient (Wildman–Crippen LogP) is 3.77. The van der Waals surface area contributed by atoms with Crippen LogP contribution in [0, 0.1) is 0 Å². The lowest BCUT2D eigenvalue weighted by molar-refractivity contribution is 0.143. The molecule has 0 aliphatic rings. The minimum Gasteiger partial charge on any atom is -0.396 e. The monoisotopic (exact) mass is 872 g/mol. The number of hydrogen-bond acceptors (Lipinski definition) is 16. The van der Waals surface area contributed by atoms with Gasteiger partial charge in [0.1, 0.15) is 0 Å². The Morgan fingerprint density at radius 1 is 0.347 bits per heavy atom. The first-order valence-electron chi connectivity index (χ1n) is 15.8. The molecule has 16 nitrogen and oxygen atoms in total. The molecule has 0 heterocycles. The highest BCUT2D eigenvalue weighted by molar-refractivity contribution is 7.86. The molecule has 0 radical (unpaired) electrons. The first-order chi connectivity index (χ1) is 21.7. The topological polar surface area (TPSA) is 210 Å². The Kier molecular flexibility index (Phi) is 20.0. The van der Waals surface area contributed by atoms with Crippen molar-refractivity contribution in [2.24, 2.45) is 0 Å². The first kappa shape index (κ1) is 49.6. The van der Waals surface area contributed by atoms with Gasteiger partial charge in [0.2, 0.25) is 0 Å². The lowest BCUT2D eigenvalue weighted by Gasteiger charge is -2.46. The molecule has 0 aromatic carbocycles. The average molecular weight is 873 g/mol. The van der Waals surface area contributed by atoms with E-state index in [4.69, 9.17) is 33.2 Å². The van der Waals surface area contributed by atoms with Crippen molar-refractivity contribution in [2.75, 3.05) is 51.5 Å². The van der Waals surface area contributed by atoms with Crippen molar-refractivity contribution in [3.8, 4) is 0 Å². The Hall–Kier alpha value is 0.564. The molecule has 25 heteroatoms. The van der Waals surface area contributed by atoms with Crippen LogP contribution in [0.25, 0.3) is 0 Å². The molecule has 0 spiro atoms. The van der Waals surface area contributed by atoms with Crippen LogP contribution in [0.4, 0.5) is 0 Å². The van der Waals surface area contributed by atoms with Crippen molar-refractivity contribution in [2.45, 2.75) is 102 Å². The predicted molar refractivity (Wildman–Crippen MR) is 201 cm³/mol. The molecule has 0 N–H and O–H groups in total. The van der Waals surface area contributed by atoms with Crippen LogP contribution < -0.4 is 0 Å². The highest BCUT2D eigenvalue weighted by Crippen LogP contribution is 2.35. The quantitative estimate of drug-likeness (QED) is 0.0622. The molecular weight excluding hydrogens is 813 g/mol. The van der Waals surface area contributed by atoms with Gasteiger partial charge in [-0.05, 0) is 102 Å². The van der Waals surface area contributed by atoms with Crippen LogP contribution in [0.1, 0.15) is 25.7 Å². The molecule has 0 saturated carbocycles.